The van der Waals surface area contributed by atoms with Crippen LogP contribution < -0.4 is 0 Å². The first kappa shape index (κ1) is 14.1. The molecule has 2 aromatic heterocycles. The molecule has 0 atom stereocenters. The fourth-order valence-electron chi connectivity index (χ4n) is 3.11. The SMILES string of the molecule is CC1(C)Cc2c(F)cccc2C(c2cnn3c(F)ccc3c2)=N1. The van der Waals surface area contributed by atoms with Crippen molar-refractivity contribution >= 4 is 11.2 Å². The average Bonchev–Trinajstić information content (AvgIpc) is 2.88. The molecule has 0 saturated heterocycles. The van der Waals surface area contributed by atoms with Gasteiger partial charge < -0.3 is 0 Å². The van der Waals surface area contributed by atoms with E-state index < -0.39 is 11.5 Å². The number of aliphatic imine (C=N–C) groups is 1. The molecule has 0 N–H and O–H groups in total. The van der Waals surface area contributed by atoms with Crippen LogP contribution in [-0.4, -0.2) is 20.9 Å². The largest absolute Gasteiger partial charge is 0.278 e. The molecular weight excluding hydrogens is 296 g/mol. The summed E-state index contributed by atoms with van der Waals surface area (Å²) in [5.41, 5.74) is 3.15. The first-order valence-corrected chi connectivity index (χ1v) is 7.46. The van der Waals surface area contributed by atoms with E-state index in [1.165, 1.54) is 16.6 Å². The van der Waals surface area contributed by atoms with Gasteiger partial charge in [0.2, 0.25) is 5.95 Å². The number of hydrogen-bond acceptors (Lipinski definition) is 2. The maximum Gasteiger partial charge on any atom is 0.214 e. The van der Waals surface area contributed by atoms with Crippen LogP contribution in [0.1, 0.15) is 30.5 Å². The van der Waals surface area contributed by atoms with Crippen LogP contribution in [0, 0.1) is 11.8 Å². The molecule has 1 aromatic carbocycles. The summed E-state index contributed by atoms with van der Waals surface area (Å²) in [7, 11) is 0. The van der Waals surface area contributed by atoms with Gasteiger partial charge in [0.1, 0.15) is 5.82 Å². The third-order valence-corrected chi connectivity index (χ3v) is 4.13. The van der Waals surface area contributed by atoms with Crippen LogP contribution in [0.15, 0.2) is 47.6 Å². The summed E-state index contributed by atoms with van der Waals surface area (Å²) in [6.45, 7) is 3.95. The van der Waals surface area contributed by atoms with Gasteiger partial charge in [-0.25, -0.2) is 8.91 Å². The Bertz CT molecular complexity index is 954. The fraction of sp³-hybridized carbons (Fsp3) is 0.222. The standard InChI is InChI=1S/C18H15F2N3/c1-18(2)9-14-13(4-3-5-15(14)19)17(22-18)11-8-12-6-7-16(20)23(12)21-10-11/h3-8,10H,9H2,1-2H3. The summed E-state index contributed by atoms with van der Waals surface area (Å²) in [6.07, 6.45) is 2.12. The fourth-order valence-corrected chi connectivity index (χ4v) is 3.11. The van der Waals surface area contributed by atoms with E-state index in [0.717, 1.165) is 11.1 Å². The van der Waals surface area contributed by atoms with E-state index in [1.807, 2.05) is 26.0 Å². The molecule has 3 heterocycles. The molecule has 0 unspecified atom stereocenters. The van der Waals surface area contributed by atoms with E-state index in [1.54, 1.807) is 18.3 Å². The summed E-state index contributed by atoms with van der Waals surface area (Å²) in [5, 5.41) is 4.13. The zero-order valence-corrected chi connectivity index (χ0v) is 12.8. The summed E-state index contributed by atoms with van der Waals surface area (Å²) in [4.78, 5) is 4.79. The Morgan fingerprint density at radius 1 is 1.13 bits per heavy atom. The number of benzene rings is 1. The van der Waals surface area contributed by atoms with Crippen LogP contribution in [0.5, 0.6) is 0 Å². The Balaban J connectivity index is 1.95. The normalized spacial score (nSPS) is 16.3. The monoisotopic (exact) mass is 311 g/mol. The third kappa shape index (κ3) is 2.23. The van der Waals surface area contributed by atoms with Gasteiger partial charge in [-0.1, -0.05) is 12.1 Å². The molecule has 0 bridgehead atoms. The Morgan fingerprint density at radius 3 is 2.78 bits per heavy atom. The summed E-state index contributed by atoms with van der Waals surface area (Å²) in [6, 6.07) is 9.88. The Kier molecular flexibility index (Phi) is 2.88. The highest BCUT2D eigenvalue weighted by molar-refractivity contribution is 6.14. The summed E-state index contributed by atoms with van der Waals surface area (Å²) in [5.74, 6) is -0.630. The summed E-state index contributed by atoms with van der Waals surface area (Å²) >= 11 is 0. The van der Waals surface area contributed by atoms with Crippen molar-refractivity contribution in [3.05, 3.63) is 71.1 Å². The molecule has 1 aliphatic rings. The maximum absolute atomic E-state index is 14.2. The van der Waals surface area contributed by atoms with Crippen molar-refractivity contribution in [2.24, 2.45) is 4.99 Å². The van der Waals surface area contributed by atoms with Crippen LogP contribution in [0.4, 0.5) is 8.78 Å². The molecule has 3 nitrogen and oxygen atoms in total. The second-order valence-corrected chi connectivity index (χ2v) is 6.45. The summed E-state index contributed by atoms with van der Waals surface area (Å²) < 4.78 is 29.0. The highest BCUT2D eigenvalue weighted by Gasteiger charge is 2.29. The van der Waals surface area contributed by atoms with Gasteiger partial charge in [0.25, 0.3) is 0 Å². The first-order valence-electron chi connectivity index (χ1n) is 7.46. The Labute approximate surface area is 132 Å². The van der Waals surface area contributed by atoms with Gasteiger partial charge in [-0.3, -0.25) is 4.99 Å². The van der Waals surface area contributed by atoms with Gasteiger partial charge in [0.05, 0.1) is 23.0 Å². The second-order valence-electron chi connectivity index (χ2n) is 6.45. The van der Waals surface area contributed by atoms with Gasteiger partial charge in [0, 0.05) is 17.5 Å². The smallest absolute Gasteiger partial charge is 0.214 e. The van der Waals surface area contributed by atoms with Crippen LogP contribution >= 0.6 is 0 Å². The maximum atomic E-state index is 14.2. The van der Waals surface area contributed by atoms with Gasteiger partial charge in [-0.05, 0) is 43.7 Å². The first-order chi connectivity index (χ1) is 10.9. The molecule has 0 radical (unpaired) electrons. The quantitative estimate of drug-likeness (QED) is 0.672. The third-order valence-electron chi connectivity index (χ3n) is 4.13. The van der Waals surface area contributed by atoms with E-state index >= 15 is 0 Å². The van der Waals surface area contributed by atoms with E-state index in [0.29, 0.717) is 23.2 Å². The van der Waals surface area contributed by atoms with Crippen molar-refractivity contribution in [1.29, 1.82) is 0 Å². The average molecular weight is 311 g/mol. The van der Waals surface area contributed by atoms with Crippen molar-refractivity contribution < 1.29 is 8.78 Å². The lowest BCUT2D eigenvalue weighted by molar-refractivity contribution is 0.492. The highest BCUT2D eigenvalue weighted by Crippen LogP contribution is 2.31. The van der Waals surface area contributed by atoms with Crippen LogP contribution in [0.25, 0.3) is 5.52 Å². The number of hydrogen-bond donors (Lipinski definition) is 0. The van der Waals surface area contributed by atoms with Crippen molar-refractivity contribution in [2.45, 2.75) is 25.8 Å². The van der Waals surface area contributed by atoms with Crippen molar-refractivity contribution in [2.75, 3.05) is 0 Å². The minimum atomic E-state index is -0.413. The number of fused-ring (bicyclic) bond motifs is 2. The van der Waals surface area contributed by atoms with Crippen molar-refractivity contribution in [3.63, 3.8) is 0 Å². The van der Waals surface area contributed by atoms with Gasteiger partial charge in [0.15, 0.2) is 0 Å². The Hall–Kier alpha value is -2.56. The van der Waals surface area contributed by atoms with Crippen LogP contribution in [0.2, 0.25) is 0 Å². The molecule has 0 spiro atoms. The number of halogens is 2. The predicted octanol–water partition coefficient (Wildman–Crippen LogP) is 3.78. The van der Waals surface area contributed by atoms with E-state index in [9.17, 15) is 8.78 Å². The lowest BCUT2D eigenvalue weighted by atomic mass is 9.85. The number of aromatic nitrogens is 2. The molecule has 0 aliphatic carbocycles. The molecule has 23 heavy (non-hydrogen) atoms. The minimum absolute atomic E-state index is 0.217. The van der Waals surface area contributed by atoms with E-state index in [4.69, 9.17) is 4.99 Å². The lowest BCUT2D eigenvalue weighted by Crippen LogP contribution is -2.30. The molecular formula is C18H15F2N3. The molecule has 4 rings (SSSR count). The Morgan fingerprint density at radius 2 is 1.96 bits per heavy atom. The minimum Gasteiger partial charge on any atom is -0.278 e. The van der Waals surface area contributed by atoms with Crippen molar-refractivity contribution in [3.8, 4) is 0 Å². The zero-order chi connectivity index (χ0) is 16.2. The topological polar surface area (TPSA) is 29.7 Å². The lowest BCUT2D eigenvalue weighted by Gasteiger charge is -2.29. The molecule has 0 fully saturated rings. The predicted molar refractivity (Wildman–Crippen MR) is 85.0 cm³/mol. The molecule has 0 saturated carbocycles. The van der Waals surface area contributed by atoms with E-state index in [2.05, 4.69) is 5.10 Å². The molecule has 1 aliphatic heterocycles. The molecule has 0 amide bonds. The van der Waals surface area contributed by atoms with Gasteiger partial charge in [-0.2, -0.15) is 9.49 Å². The van der Waals surface area contributed by atoms with Crippen molar-refractivity contribution in [1.82, 2.24) is 9.61 Å². The highest BCUT2D eigenvalue weighted by atomic mass is 19.1. The molecule has 5 heteroatoms. The number of nitrogens with zero attached hydrogens (tertiary/aromatic N) is 3. The van der Waals surface area contributed by atoms with Gasteiger partial charge >= 0.3 is 0 Å². The molecule has 3 aromatic rings. The number of rotatable bonds is 1. The van der Waals surface area contributed by atoms with Crippen LogP contribution in [0.3, 0.4) is 0 Å². The second kappa shape index (κ2) is 4.72. The van der Waals surface area contributed by atoms with Gasteiger partial charge in [-0.15, -0.1) is 0 Å². The molecule has 116 valence electrons. The van der Waals surface area contributed by atoms with Crippen LogP contribution in [-0.2, 0) is 6.42 Å². The van der Waals surface area contributed by atoms with E-state index in [-0.39, 0.29) is 5.82 Å². The zero-order valence-electron chi connectivity index (χ0n) is 12.8.